The van der Waals surface area contributed by atoms with Gasteiger partial charge in [0.1, 0.15) is 0 Å². The summed E-state index contributed by atoms with van der Waals surface area (Å²) in [7, 11) is 0. The van der Waals surface area contributed by atoms with Gasteiger partial charge >= 0.3 is 0 Å². The fourth-order valence-corrected chi connectivity index (χ4v) is 2.72. The summed E-state index contributed by atoms with van der Waals surface area (Å²) in [5, 5.41) is 7.76. The Morgan fingerprint density at radius 2 is 2.19 bits per heavy atom. The van der Waals surface area contributed by atoms with Gasteiger partial charge in [0, 0.05) is 31.1 Å². The maximum Gasteiger partial charge on any atom is 0.222 e. The van der Waals surface area contributed by atoms with Crippen LogP contribution in [0.25, 0.3) is 0 Å². The first-order chi connectivity index (χ1) is 10.1. The lowest BCUT2D eigenvalue weighted by atomic mass is 10.3. The number of hydrogen-bond donors (Lipinski definition) is 2. The molecule has 1 aliphatic heterocycles. The molecule has 1 aliphatic rings. The summed E-state index contributed by atoms with van der Waals surface area (Å²) in [5.74, 6) is 0.251. The van der Waals surface area contributed by atoms with E-state index in [9.17, 15) is 4.79 Å². The minimum atomic E-state index is 0.251. The molecule has 1 heterocycles. The van der Waals surface area contributed by atoms with Gasteiger partial charge in [-0.05, 0) is 43.3 Å². The predicted molar refractivity (Wildman–Crippen MR) is 91.1 cm³/mol. The molecule has 0 spiro atoms. The highest BCUT2D eigenvalue weighted by molar-refractivity contribution is 7.80. The standard InChI is InChI=1S/C14H17Cl2N3OS/c15-10-4-5-11(16)12(9-10)18-14(21)17-6-2-8-19-7-1-3-13(19)20/h4-5,9H,1-3,6-8H2,(H2,17,18,21). The topological polar surface area (TPSA) is 44.4 Å². The summed E-state index contributed by atoms with van der Waals surface area (Å²) < 4.78 is 0. The number of nitrogens with zero attached hydrogens (tertiary/aromatic N) is 1. The molecule has 0 bridgehead atoms. The molecule has 1 saturated heterocycles. The second-order valence-corrected chi connectivity index (χ2v) is 6.09. The van der Waals surface area contributed by atoms with Gasteiger partial charge in [0.15, 0.2) is 5.11 Å². The van der Waals surface area contributed by atoms with Crippen LogP contribution in [0.2, 0.25) is 10.0 Å². The van der Waals surface area contributed by atoms with Crippen molar-refractivity contribution in [2.24, 2.45) is 0 Å². The highest BCUT2D eigenvalue weighted by Crippen LogP contribution is 2.25. The summed E-state index contributed by atoms with van der Waals surface area (Å²) in [6, 6.07) is 5.16. The van der Waals surface area contributed by atoms with E-state index in [2.05, 4.69) is 10.6 Å². The van der Waals surface area contributed by atoms with Gasteiger partial charge in [-0.15, -0.1) is 0 Å². The van der Waals surface area contributed by atoms with E-state index in [-0.39, 0.29) is 5.91 Å². The Morgan fingerprint density at radius 1 is 1.38 bits per heavy atom. The highest BCUT2D eigenvalue weighted by atomic mass is 35.5. The van der Waals surface area contributed by atoms with Crippen LogP contribution < -0.4 is 10.6 Å². The maximum atomic E-state index is 11.5. The third kappa shape index (κ3) is 5.02. The van der Waals surface area contributed by atoms with Crippen LogP contribution in [0.15, 0.2) is 18.2 Å². The number of benzene rings is 1. The molecular weight excluding hydrogens is 329 g/mol. The second kappa shape index (κ2) is 7.82. The minimum absolute atomic E-state index is 0.251. The van der Waals surface area contributed by atoms with Crippen LogP contribution in [0, 0.1) is 0 Å². The van der Waals surface area contributed by atoms with Gasteiger partial charge in [-0.25, -0.2) is 0 Å². The Labute approximate surface area is 139 Å². The zero-order valence-corrected chi connectivity index (χ0v) is 13.8. The van der Waals surface area contributed by atoms with Crippen LogP contribution in [-0.4, -0.2) is 35.6 Å². The molecule has 7 heteroatoms. The number of nitrogens with one attached hydrogen (secondary N) is 2. The van der Waals surface area contributed by atoms with Crippen molar-refractivity contribution in [2.75, 3.05) is 25.0 Å². The van der Waals surface area contributed by atoms with Crippen molar-refractivity contribution in [3.63, 3.8) is 0 Å². The lowest BCUT2D eigenvalue weighted by molar-refractivity contribution is -0.127. The van der Waals surface area contributed by atoms with E-state index in [1.165, 1.54) is 0 Å². The number of anilines is 1. The zero-order valence-electron chi connectivity index (χ0n) is 11.5. The molecule has 0 unspecified atom stereocenters. The molecule has 2 rings (SSSR count). The largest absolute Gasteiger partial charge is 0.362 e. The van der Waals surface area contributed by atoms with Gasteiger partial charge in [0.25, 0.3) is 0 Å². The van der Waals surface area contributed by atoms with Crippen LogP contribution in [0.1, 0.15) is 19.3 Å². The summed E-state index contributed by atoms with van der Waals surface area (Å²) in [6.45, 7) is 2.35. The number of halogens is 2. The minimum Gasteiger partial charge on any atom is -0.362 e. The molecule has 114 valence electrons. The molecule has 1 aromatic rings. The van der Waals surface area contributed by atoms with E-state index < -0.39 is 0 Å². The van der Waals surface area contributed by atoms with Gasteiger partial charge in [0.2, 0.25) is 5.91 Å². The van der Waals surface area contributed by atoms with Crippen LogP contribution >= 0.6 is 35.4 Å². The molecule has 1 amide bonds. The number of likely N-dealkylation sites (tertiary alicyclic amines) is 1. The zero-order chi connectivity index (χ0) is 15.2. The Bertz CT molecular complexity index is 539. The van der Waals surface area contributed by atoms with Crippen molar-refractivity contribution >= 4 is 52.1 Å². The van der Waals surface area contributed by atoms with Crippen LogP contribution in [-0.2, 0) is 4.79 Å². The van der Waals surface area contributed by atoms with Gasteiger partial charge in [-0.1, -0.05) is 23.2 Å². The molecule has 1 aromatic carbocycles. The normalized spacial score (nSPS) is 14.4. The monoisotopic (exact) mass is 345 g/mol. The number of hydrogen-bond acceptors (Lipinski definition) is 2. The first-order valence-electron chi connectivity index (χ1n) is 6.84. The van der Waals surface area contributed by atoms with Crippen molar-refractivity contribution in [3.8, 4) is 0 Å². The number of thiocarbonyl (C=S) groups is 1. The SMILES string of the molecule is O=C1CCCN1CCCNC(=S)Nc1cc(Cl)ccc1Cl. The van der Waals surface area contributed by atoms with E-state index in [1.54, 1.807) is 18.2 Å². The first-order valence-corrected chi connectivity index (χ1v) is 8.00. The van der Waals surface area contributed by atoms with E-state index in [0.29, 0.717) is 33.8 Å². The molecular formula is C14H17Cl2N3OS. The Kier molecular flexibility index (Phi) is 6.08. The average molecular weight is 346 g/mol. The molecule has 0 atom stereocenters. The predicted octanol–water partition coefficient (Wildman–Crippen LogP) is 3.29. The fraction of sp³-hybridized carbons (Fsp3) is 0.429. The van der Waals surface area contributed by atoms with Gasteiger partial charge in [0.05, 0.1) is 10.7 Å². The summed E-state index contributed by atoms with van der Waals surface area (Å²) >= 11 is 17.2. The van der Waals surface area contributed by atoms with Crippen molar-refractivity contribution in [1.29, 1.82) is 0 Å². The fourth-order valence-electron chi connectivity index (χ4n) is 2.17. The summed E-state index contributed by atoms with van der Waals surface area (Å²) in [5.41, 5.74) is 0.677. The van der Waals surface area contributed by atoms with Crippen molar-refractivity contribution in [3.05, 3.63) is 28.2 Å². The number of carbonyl (C=O) groups excluding carboxylic acids is 1. The van der Waals surface area contributed by atoms with Crippen molar-refractivity contribution in [2.45, 2.75) is 19.3 Å². The summed E-state index contributed by atoms with van der Waals surface area (Å²) in [4.78, 5) is 13.3. The van der Waals surface area contributed by atoms with Crippen LogP contribution in [0.3, 0.4) is 0 Å². The number of amides is 1. The molecule has 4 nitrogen and oxygen atoms in total. The third-order valence-corrected chi connectivity index (χ3v) is 4.05. The summed E-state index contributed by atoms with van der Waals surface area (Å²) in [6.07, 6.45) is 2.51. The lowest BCUT2D eigenvalue weighted by Crippen LogP contribution is -2.32. The van der Waals surface area contributed by atoms with E-state index in [0.717, 1.165) is 25.9 Å². The van der Waals surface area contributed by atoms with Crippen molar-refractivity contribution in [1.82, 2.24) is 10.2 Å². The molecule has 2 N–H and O–H groups in total. The highest BCUT2D eigenvalue weighted by Gasteiger charge is 2.18. The van der Waals surface area contributed by atoms with Crippen LogP contribution in [0.5, 0.6) is 0 Å². The maximum absolute atomic E-state index is 11.5. The number of rotatable bonds is 5. The van der Waals surface area contributed by atoms with Gasteiger partial charge in [-0.2, -0.15) is 0 Å². The average Bonchev–Trinajstić information content (AvgIpc) is 2.84. The van der Waals surface area contributed by atoms with E-state index in [1.807, 2.05) is 4.90 Å². The molecule has 1 fully saturated rings. The lowest BCUT2D eigenvalue weighted by Gasteiger charge is -2.16. The van der Waals surface area contributed by atoms with Gasteiger partial charge < -0.3 is 15.5 Å². The molecule has 21 heavy (non-hydrogen) atoms. The Hall–Kier alpha value is -1.04. The van der Waals surface area contributed by atoms with Gasteiger partial charge in [-0.3, -0.25) is 4.79 Å². The number of carbonyl (C=O) groups is 1. The molecule has 0 aliphatic carbocycles. The Balaban J connectivity index is 1.70. The molecule has 0 radical (unpaired) electrons. The smallest absolute Gasteiger partial charge is 0.222 e. The van der Waals surface area contributed by atoms with E-state index in [4.69, 9.17) is 35.4 Å². The third-order valence-electron chi connectivity index (χ3n) is 3.24. The first kappa shape index (κ1) is 16.3. The quantitative estimate of drug-likeness (QED) is 0.634. The van der Waals surface area contributed by atoms with Crippen molar-refractivity contribution < 1.29 is 4.79 Å². The molecule has 0 saturated carbocycles. The van der Waals surface area contributed by atoms with E-state index >= 15 is 0 Å². The molecule has 0 aromatic heterocycles. The second-order valence-electron chi connectivity index (χ2n) is 4.84. The Morgan fingerprint density at radius 3 is 2.90 bits per heavy atom. The van der Waals surface area contributed by atoms with Crippen LogP contribution in [0.4, 0.5) is 5.69 Å².